The highest BCUT2D eigenvalue weighted by molar-refractivity contribution is 5.92. The van der Waals surface area contributed by atoms with Crippen molar-refractivity contribution in [3.05, 3.63) is 35.4 Å². The van der Waals surface area contributed by atoms with Gasteiger partial charge in [-0.1, -0.05) is 167 Å². The number of carbonyl (C=O) groups excluding carboxylic acids is 1. The Morgan fingerprint density at radius 2 is 0.750 bits per heavy atom. The first-order valence-corrected chi connectivity index (χ1v) is 17.2. The number of benzene rings is 1. The zero-order valence-corrected chi connectivity index (χ0v) is 26.1. The molecule has 0 saturated heterocycles. The van der Waals surface area contributed by atoms with E-state index < -0.39 is 5.97 Å². The van der Waals surface area contributed by atoms with Gasteiger partial charge in [0.05, 0.1) is 17.7 Å². The topological polar surface area (TPSA) is 63.6 Å². The highest BCUT2D eigenvalue weighted by Gasteiger charge is 2.08. The summed E-state index contributed by atoms with van der Waals surface area (Å²) in [7, 11) is 0. The van der Waals surface area contributed by atoms with Crippen LogP contribution in [0.15, 0.2) is 24.3 Å². The molecule has 230 valence electrons. The summed E-state index contributed by atoms with van der Waals surface area (Å²) in [6, 6.07) is 5.88. The third-order valence-electron chi connectivity index (χ3n) is 8.10. The van der Waals surface area contributed by atoms with Crippen molar-refractivity contribution in [2.45, 2.75) is 174 Å². The molecule has 0 aliphatic rings. The van der Waals surface area contributed by atoms with Crippen molar-refractivity contribution in [3.63, 3.8) is 0 Å². The van der Waals surface area contributed by atoms with Gasteiger partial charge in [0.25, 0.3) is 0 Å². The Hall–Kier alpha value is -1.84. The number of carbonyl (C=O) groups is 2. The lowest BCUT2D eigenvalue weighted by Gasteiger charge is -2.06. The van der Waals surface area contributed by atoms with Gasteiger partial charge in [0, 0.05) is 0 Å². The van der Waals surface area contributed by atoms with Crippen LogP contribution in [0.4, 0.5) is 0 Å². The van der Waals surface area contributed by atoms with Gasteiger partial charge in [0.15, 0.2) is 0 Å². The number of carboxylic acids is 1. The molecule has 1 rings (SSSR count). The molecular weight excluding hydrogens is 496 g/mol. The van der Waals surface area contributed by atoms with Gasteiger partial charge in [-0.05, 0) is 30.7 Å². The fourth-order valence-electron chi connectivity index (χ4n) is 5.42. The van der Waals surface area contributed by atoms with E-state index in [-0.39, 0.29) is 11.5 Å². The molecule has 1 aromatic rings. The summed E-state index contributed by atoms with van der Waals surface area (Å²) in [6.07, 6.45) is 35.8. The smallest absolute Gasteiger partial charge is 0.338 e. The predicted molar refractivity (Wildman–Crippen MR) is 169 cm³/mol. The second-order valence-electron chi connectivity index (χ2n) is 11.9. The third kappa shape index (κ3) is 21.9. The third-order valence-corrected chi connectivity index (χ3v) is 8.10. The van der Waals surface area contributed by atoms with E-state index in [0.29, 0.717) is 12.2 Å². The SMILES string of the molecule is CCCCCCCCCCCCCCCCCCCCCCCCCCCCOC(=O)c1ccc(C(=O)O)cc1. The molecule has 40 heavy (non-hydrogen) atoms. The van der Waals surface area contributed by atoms with Crippen molar-refractivity contribution < 1.29 is 19.4 Å². The van der Waals surface area contributed by atoms with Gasteiger partial charge < -0.3 is 9.84 Å². The fraction of sp³-hybridized carbons (Fsp3) is 0.778. The molecule has 0 heterocycles. The predicted octanol–water partition coefficient (Wildman–Crippen LogP) is 11.7. The van der Waals surface area contributed by atoms with E-state index in [1.807, 2.05) is 0 Å². The molecule has 0 unspecified atom stereocenters. The molecule has 0 spiro atoms. The number of rotatable bonds is 29. The molecule has 1 aromatic carbocycles. The molecule has 0 aliphatic heterocycles. The summed E-state index contributed by atoms with van der Waals surface area (Å²) in [5.41, 5.74) is 0.576. The number of ether oxygens (including phenoxy) is 1. The Morgan fingerprint density at radius 3 is 1.05 bits per heavy atom. The van der Waals surface area contributed by atoms with Crippen molar-refractivity contribution in [2.75, 3.05) is 6.61 Å². The lowest BCUT2D eigenvalue weighted by molar-refractivity contribution is 0.0496. The average Bonchev–Trinajstić information content (AvgIpc) is 2.96. The Bertz CT molecular complexity index is 712. The number of esters is 1. The van der Waals surface area contributed by atoms with Crippen LogP contribution in [0, 0.1) is 0 Å². The number of hydrogen-bond donors (Lipinski definition) is 1. The van der Waals surface area contributed by atoms with Crippen LogP contribution >= 0.6 is 0 Å². The van der Waals surface area contributed by atoms with Crippen LogP contribution in [0.25, 0.3) is 0 Å². The van der Waals surface area contributed by atoms with E-state index in [9.17, 15) is 9.59 Å². The largest absolute Gasteiger partial charge is 0.478 e. The van der Waals surface area contributed by atoms with E-state index in [0.717, 1.165) is 12.8 Å². The summed E-state index contributed by atoms with van der Waals surface area (Å²) in [5.74, 6) is -1.37. The van der Waals surface area contributed by atoms with Crippen molar-refractivity contribution in [3.8, 4) is 0 Å². The highest BCUT2D eigenvalue weighted by atomic mass is 16.5. The van der Waals surface area contributed by atoms with E-state index in [4.69, 9.17) is 9.84 Å². The van der Waals surface area contributed by atoms with Crippen LogP contribution in [0.1, 0.15) is 195 Å². The van der Waals surface area contributed by atoms with Crippen LogP contribution < -0.4 is 0 Å². The van der Waals surface area contributed by atoms with Crippen LogP contribution in [0.5, 0.6) is 0 Å². The van der Waals surface area contributed by atoms with Gasteiger partial charge in [-0.3, -0.25) is 0 Å². The second kappa shape index (κ2) is 27.3. The standard InChI is InChI=1S/C36H62O4/c1-2-3-4-5-6-7-8-9-10-11-12-13-14-15-16-17-18-19-20-21-22-23-24-25-26-27-32-40-36(39)34-30-28-33(29-31-34)35(37)38/h28-31H,2-27,32H2,1H3,(H,37,38). The van der Waals surface area contributed by atoms with Crippen molar-refractivity contribution in [1.29, 1.82) is 0 Å². The van der Waals surface area contributed by atoms with Crippen LogP contribution in [0.2, 0.25) is 0 Å². The van der Waals surface area contributed by atoms with Crippen molar-refractivity contribution in [1.82, 2.24) is 0 Å². The minimum Gasteiger partial charge on any atom is -0.478 e. The molecule has 0 saturated carbocycles. The molecule has 0 atom stereocenters. The number of aromatic carboxylic acids is 1. The minimum absolute atomic E-state index is 0.173. The lowest BCUT2D eigenvalue weighted by atomic mass is 10.0. The maximum absolute atomic E-state index is 12.0. The first-order valence-electron chi connectivity index (χ1n) is 17.2. The summed E-state index contributed by atoms with van der Waals surface area (Å²) in [6.45, 7) is 2.72. The highest BCUT2D eigenvalue weighted by Crippen LogP contribution is 2.16. The Morgan fingerprint density at radius 1 is 0.475 bits per heavy atom. The van der Waals surface area contributed by atoms with Crippen LogP contribution in [-0.4, -0.2) is 23.7 Å². The number of hydrogen-bond acceptors (Lipinski definition) is 3. The first-order chi connectivity index (χ1) is 19.6. The first kappa shape index (κ1) is 36.2. The molecule has 4 nitrogen and oxygen atoms in total. The Labute approximate surface area is 247 Å². The van der Waals surface area contributed by atoms with E-state index in [1.165, 1.54) is 178 Å². The molecule has 4 heteroatoms. The molecule has 1 N–H and O–H groups in total. The maximum atomic E-state index is 12.0. The van der Waals surface area contributed by atoms with Gasteiger partial charge in [0.2, 0.25) is 0 Å². The van der Waals surface area contributed by atoms with Gasteiger partial charge >= 0.3 is 11.9 Å². The Kier molecular flexibility index (Phi) is 24.7. The van der Waals surface area contributed by atoms with Gasteiger partial charge in [-0.25, -0.2) is 9.59 Å². The van der Waals surface area contributed by atoms with Gasteiger partial charge in [0.1, 0.15) is 0 Å². The quantitative estimate of drug-likeness (QED) is 0.0784. The summed E-state index contributed by atoms with van der Waals surface area (Å²) >= 11 is 0. The molecular formula is C36H62O4. The second-order valence-corrected chi connectivity index (χ2v) is 11.9. The monoisotopic (exact) mass is 558 g/mol. The number of unbranched alkanes of at least 4 members (excludes halogenated alkanes) is 25. The molecule has 0 amide bonds. The van der Waals surface area contributed by atoms with Crippen molar-refractivity contribution >= 4 is 11.9 Å². The van der Waals surface area contributed by atoms with E-state index in [2.05, 4.69) is 6.92 Å². The maximum Gasteiger partial charge on any atom is 0.338 e. The van der Waals surface area contributed by atoms with E-state index >= 15 is 0 Å². The molecule has 0 bridgehead atoms. The summed E-state index contributed by atoms with van der Waals surface area (Å²) in [5, 5.41) is 8.91. The lowest BCUT2D eigenvalue weighted by Crippen LogP contribution is -2.07. The van der Waals surface area contributed by atoms with Crippen molar-refractivity contribution in [2.24, 2.45) is 0 Å². The molecule has 0 aromatic heterocycles. The summed E-state index contributed by atoms with van der Waals surface area (Å²) in [4.78, 5) is 22.9. The average molecular weight is 559 g/mol. The minimum atomic E-state index is -0.995. The fourth-order valence-corrected chi connectivity index (χ4v) is 5.42. The molecule has 0 fully saturated rings. The van der Waals surface area contributed by atoms with Crippen LogP contribution in [0.3, 0.4) is 0 Å². The van der Waals surface area contributed by atoms with Gasteiger partial charge in [-0.15, -0.1) is 0 Å². The van der Waals surface area contributed by atoms with E-state index in [1.54, 1.807) is 0 Å². The molecule has 0 aliphatic carbocycles. The normalized spacial score (nSPS) is 11.1. The zero-order chi connectivity index (χ0) is 28.9. The Balaban J connectivity index is 1.72. The number of carboxylic acid groups (broad SMARTS) is 1. The summed E-state index contributed by atoms with van der Waals surface area (Å²) < 4.78 is 5.30. The van der Waals surface area contributed by atoms with Gasteiger partial charge in [-0.2, -0.15) is 0 Å². The van der Waals surface area contributed by atoms with Crippen LogP contribution in [-0.2, 0) is 4.74 Å². The molecule has 0 radical (unpaired) electrons. The zero-order valence-electron chi connectivity index (χ0n) is 26.1.